The van der Waals surface area contributed by atoms with Crippen molar-refractivity contribution in [2.24, 2.45) is 5.41 Å². The van der Waals surface area contributed by atoms with Crippen LogP contribution in [0.5, 0.6) is 0 Å². The fraction of sp³-hybridized carbons (Fsp3) is 0.278. The van der Waals surface area contributed by atoms with Crippen LogP contribution in [0.2, 0.25) is 10.0 Å². The SMILES string of the molecule is CC(C)(C)/C(=C\c1cccnc1)C(O)c1ccc(Cl)cc1Cl. The van der Waals surface area contributed by atoms with Gasteiger partial charge in [-0.1, -0.05) is 62.2 Å². The number of aliphatic hydroxyl groups is 1. The molecule has 0 radical (unpaired) electrons. The highest BCUT2D eigenvalue weighted by molar-refractivity contribution is 6.35. The minimum Gasteiger partial charge on any atom is -0.384 e. The molecule has 1 aromatic heterocycles. The van der Waals surface area contributed by atoms with E-state index < -0.39 is 6.10 Å². The van der Waals surface area contributed by atoms with Gasteiger partial charge in [0.15, 0.2) is 0 Å². The molecule has 1 heterocycles. The van der Waals surface area contributed by atoms with Crippen molar-refractivity contribution in [1.29, 1.82) is 0 Å². The summed E-state index contributed by atoms with van der Waals surface area (Å²) in [6.45, 7) is 6.17. The molecule has 0 amide bonds. The molecule has 2 aromatic rings. The minimum atomic E-state index is -0.801. The second kappa shape index (κ2) is 6.82. The van der Waals surface area contributed by atoms with Crippen LogP contribution in [0.15, 0.2) is 48.3 Å². The number of benzene rings is 1. The number of aromatic nitrogens is 1. The lowest BCUT2D eigenvalue weighted by molar-refractivity contribution is 0.190. The Labute approximate surface area is 141 Å². The molecule has 0 saturated heterocycles. The van der Waals surface area contributed by atoms with Crippen molar-refractivity contribution >= 4 is 29.3 Å². The van der Waals surface area contributed by atoms with Crippen molar-refractivity contribution in [2.75, 3.05) is 0 Å². The van der Waals surface area contributed by atoms with Crippen molar-refractivity contribution in [1.82, 2.24) is 4.98 Å². The lowest BCUT2D eigenvalue weighted by Crippen LogP contribution is -2.17. The van der Waals surface area contributed by atoms with Crippen LogP contribution in [0.3, 0.4) is 0 Å². The molecule has 116 valence electrons. The van der Waals surface area contributed by atoms with E-state index >= 15 is 0 Å². The number of hydrogen-bond acceptors (Lipinski definition) is 2. The Kier molecular flexibility index (Phi) is 5.28. The summed E-state index contributed by atoms with van der Waals surface area (Å²) in [5, 5.41) is 11.8. The van der Waals surface area contributed by atoms with E-state index in [1.807, 2.05) is 18.2 Å². The zero-order valence-corrected chi connectivity index (χ0v) is 14.4. The van der Waals surface area contributed by atoms with Crippen molar-refractivity contribution in [3.63, 3.8) is 0 Å². The van der Waals surface area contributed by atoms with Gasteiger partial charge in [-0.3, -0.25) is 4.98 Å². The lowest BCUT2D eigenvalue weighted by Gasteiger charge is -2.28. The summed E-state index contributed by atoms with van der Waals surface area (Å²) in [5.41, 5.74) is 2.23. The van der Waals surface area contributed by atoms with Crippen molar-refractivity contribution in [3.05, 3.63) is 69.5 Å². The van der Waals surface area contributed by atoms with Crippen LogP contribution >= 0.6 is 23.2 Å². The molecule has 1 N–H and O–H groups in total. The number of hydrogen-bond donors (Lipinski definition) is 1. The largest absolute Gasteiger partial charge is 0.384 e. The van der Waals surface area contributed by atoms with E-state index in [9.17, 15) is 5.11 Å². The molecule has 2 nitrogen and oxygen atoms in total. The van der Waals surface area contributed by atoms with Crippen LogP contribution in [0, 0.1) is 5.41 Å². The average Bonchev–Trinajstić information content (AvgIpc) is 2.44. The van der Waals surface area contributed by atoms with E-state index in [1.165, 1.54) is 0 Å². The van der Waals surface area contributed by atoms with Gasteiger partial charge in [0.1, 0.15) is 6.10 Å². The number of rotatable bonds is 3. The van der Waals surface area contributed by atoms with Gasteiger partial charge in [-0.25, -0.2) is 0 Å². The third-order valence-electron chi connectivity index (χ3n) is 3.42. The summed E-state index contributed by atoms with van der Waals surface area (Å²) >= 11 is 12.2. The van der Waals surface area contributed by atoms with Crippen LogP contribution in [0.25, 0.3) is 6.08 Å². The fourth-order valence-electron chi connectivity index (χ4n) is 2.24. The zero-order valence-electron chi connectivity index (χ0n) is 12.8. The molecular weight excluding hydrogens is 317 g/mol. The average molecular weight is 336 g/mol. The third kappa shape index (κ3) is 4.10. The van der Waals surface area contributed by atoms with E-state index in [0.29, 0.717) is 15.6 Å². The van der Waals surface area contributed by atoms with Gasteiger partial charge in [-0.05, 0) is 34.8 Å². The van der Waals surface area contributed by atoms with E-state index in [2.05, 4.69) is 25.8 Å². The highest BCUT2D eigenvalue weighted by atomic mass is 35.5. The Bertz CT molecular complexity index is 675. The second-order valence-corrected chi connectivity index (χ2v) is 7.05. The first-order chi connectivity index (χ1) is 10.3. The molecule has 0 spiro atoms. The Morgan fingerprint density at radius 1 is 1.23 bits per heavy atom. The Morgan fingerprint density at radius 3 is 2.50 bits per heavy atom. The second-order valence-electron chi connectivity index (χ2n) is 6.20. The molecule has 0 saturated carbocycles. The number of halogens is 2. The van der Waals surface area contributed by atoms with Gasteiger partial charge >= 0.3 is 0 Å². The van der Waals surface area contributed by atoms with E-state index in [-0.39, 0.29) is 5.41 Å². The van der Waals surface area contributed by atoms with Gasteiger partial charge in [0.2, 0.25) is 0 Å². The topological polar surface area (TPSA) is 33.1 Å². The van der Waals surface area contributed by atoms with Gasteiger partial charge in [0.25, 0.3) is 0 Å². The van der Waals surface area contributed by atoms with Crippen LogP contribution in [0.4, 0.5) is 0 Å². The molecule has 0 aliphatic rings. The maximum absolute atomic E-state index is 10.8. The molecule has 2 rings (SSSR count). The molecule has 0 bridgehead atoms. The summed E-state index contributed by atoms with van der Waals surface area (Å²) in [4.78, 5) is 4.11. The predicted octanol–water partition coefficient (Wildman–Crippen LogP) is 5.55. The van der Waals surface area contributed by atoms with Gasteiger partial charge in [-0.2, -0.15) is 0 Å². The van der Waals surface area contributed by atoms with Crippen molar-refractivity contribution in [3.8, 4) is 0 Å². The molecule has 1 unspecified atom stereocenters. The summed E-state index contributed by atoms with van der Waals surface area (Å²) in [6, 6.07) is 8.96. The number of nitrogens with zero attached hydrogens (tertiary/aromatic N) is 1. The van der Waals surface area contributed by atoms with E-state index in [0.717, 1.165) is 11.1 Å². The first-order valence-corrected chi connectivity index (χ1v) is 7.80. The molecule has 0 fully saturated rings. The molecule has 1 atom stereocenters. The quantitative estimate of drug-likeness (QED) is 0.797. The zero-order chi connectivity index (χ0) is 16.3. The highest BCUT2D eigenvalue weighted by Gasteiger charge is 2.26. The van der Waals surface area contributed by atoms with Gasteiger partial charge < -0.3 is 5.11 Å². The monoisotopic (exact) mass is 335 g/mol. The molecule has 22 heavy (non-hydrogen) atoms. The summed E-state index contributed by atoms with van der Waals surface area (Å²) in [5.74, 6) is 0. The smallest absolute Gasteiger partial charge is 0.102 e. The summed E-state index contributed by atoms with van der Waals surface area (Å²) in [7, 11) is 0. The maximum Gasteiger partial charge on any atom is 0.102 e. The standard InChI is InChI=1S/C18H19Cl2NO/c1-18(2,3)15(9-12-5-4-8-21-11-12)17(22)14-7-6-13(19)10-16(14)20/h4-11,17,22H,1-3H3/b15-9-. The third-order valence-corrected chi connectivity index (χ3v) is 3.99. The normalized spacial score (nSPS) is 14.0. The van der Waals surface area contributed by atoms with Crippen LogP contribution in [-0.4, -0.2) is 10.1 Å². The number of pyridine rings is 1. The van der Waals surface area contributed by atoms with Crippen LogP contribution < -0.4 is 0 Å². The summed E-state index contributed by atoms with van der Waals surface area (Å²) < 4.78 is 0. The first kappa shape index (κ1) is 17.0. The molecular formula is C18H19Cl2NO. The lowest BCUT2D eigenvalue weighted by atomic mass is 9.80. The van der Waals surface area contributed by atoms with Gasteiger partial charge in [0, 0.05) is 28.0 Å². The molecule has 0 aliphatic heterocycles. The highest BCUT2D eigenvalue weighted by Crippen LogP contribution is 2.39. The Morgan fingerprint density at radius 2 is 1.95 bits per heavy atom. The Hall–Kier alpha value is -1.35. The Balaban J connectivity index is 2.48. The van der Waals surface area contributed by atoms with Crippen molar-refractivity contribution < 1.29 is 5.11 Å². The first-order valence-electron chi connectivity index (χ1n) is 7.04. The van der Waals surface area contributed by atoms with Crippen LogP contribution in [0.1, 0.15) is 38.0 Å². The molecule has 0 aliphatic carbocycles. The van der Waals surface area contributed by atoms with Crippen LogP contribution in [-0.2, 0) is 0 Å². The molecule has 4 heteroatoms. The van der Waals surface area contributed by atoms with E-state index in [4.69, 9.17) is 23.2 Å². The maximum atomic E-state index is 10.8. The van der Waals surface area contributed by atoms with Crippen molar-refractivity contribution in [2.45, 2.75) is 26.9 Å². The predicted molar refractivity (Wildman–Crippen MR) is 93.1 cm³/mol. The minimum absolute atomic E-state index is 0.224. The summed E-state index contributed by atoms with van der Waals surface area (Å²) in [6.07, 6.45) is 4.65. The number of aliphatic hydroxyl groups excluding tert-OH is 1. The van der Waals surface area contributed by atoms with Gasteiger partial charge in [-0.15, -0.1) is 0 Å². The van der Waals surface area contributed by atoms with Gasteiger partial charge in [0.05, 0.1) is 0 Å². The van der Waals surface area contributed by atoms with E-state index in [1.54, 1.807) is 30.6 Å². The molecule has 1 aromatic carbocycles. The fourth-order valence-corrected chi connectivity index (χ4v) is 2.75.